The topological polar surface area (TPSA) is 54.3 Å². The molecule has 4 nitrogen and oxygen atoms in total. The summed E-state index contributed by atoms with van der Waals surface area (Å²) in [6, 6.07) is 7.52. The van der Waals surface area contributed by atoms with Crippen molar-refractivity contribution < 1.29 is 9.21 Å². The number of halogens is 1. The van der Waals surface area contributed by atoms with Crippen molar-refractivity contribution >= 4 is 29.3 Å². The summed E-state index contributed by atoms with van der Waals surface area (Å²) in [4.78, 5) is 11.9. The van der Waals surface area contributed by atoms with E-state index in [4.69, 9.17) is 4.42 Å². The smallest absolute Gasteiger partial charge is 0.255 e. The first-order valence-corrected chi connectivity index (χ1v) is 5.78. The van der Waals surface area contributed by atoms with Gasteiger partial charge in [-0.2, -0.15) is 0 Å². The van der Waals surface area contributed by atoms with Crippen LogP contribution in [-0.4, -0.2) is 25.5 Å². The number of hydrogen-bond acceptors (Lipinski definition) is 3. The van der Waals surface area contributed by atoms with Gasteiger partial charge in [0.15, 0.2) is 0 Å². The van der Waals surface area contributed by atoms with Gasteiger partial charge in [0.1, 0.15) is 11.8 Å². The third kappa shape index (κ3) is 3.24. The number of carbonyl (C=O) groups is 1. The second-order valence-electron chi connectivity index (χ2n) is 3.75. The Balaban J connectivity index is 0.00000162. The number of rotatable bonds is 5. The molecule has 1 heterocycles. The van der Waals surface area contributed by atoms with Crippen LogP contribution < -0.4 is 10.6 Å². The predicted molar refractivity (Wildman–Crippen MR) is 74.3 cm³/mol. The third-order valence-electron chi connectivity index (χ3n) is 2.56. The molecule has 0 spiro atoms. The first kappa shape index (κ1) is 14.5. The molecular weight excluding hydrogens is 252 g/mol. The maximum atomic E-state index is 11.9. The van der Waals surface area contributed by atoms with E-state index in [2.05, 4.69) is 10.6 Å². The fourth-order valence-corrected chi connectivity index (χ4v) is 1.69. The van der Waals surface area contributed by atoms with Crippen LogP contribution in [0.25, 0.3) is 11.0 Å². The van der Waals surface area contributed by atoms with Gasteiger partial charge in [-0.1, -0.05) is 25.1 Å². The Morgan fingerprint density at radius 3 is 2.83 bits per heavy atom. The Morgan fingerprint density at radius 1 is 1.28 bits per heavy atom. The molecule has 0 aliphatic carbocycles. The molecule has 2 rings (SSSR count). The number of nitrogens with one attached hydrogen (secondary N) is 2. The van der Waals surface area contributed by atoms with E-state index in [1.54, 1.807) is 0 Å². The van der Waals surface area contributed by atoms with Crippen LogP contribution in [0.2, 0.25) is 0 Å². The van der Waals surface area contributed by atoms with E-state index < -0.39 is 0 Å². The Morgan fingerprint density at radius 2 is 2.06 bits per heavy atom. The van der Waals surface area contributed by atoms with Crippen molar-refractivity contribution in [2.45, 2.75) is 6.92 Å². The predicted octanol–water partition coefficient (Wildman–Crippen LogP) is 2.19. The van der Waals surface area contributed by atoms with Crippen LogP contribution in [-0.2, 0) is 0 Å². The highest BCUT2D eigenvalue weighted by Crippen LogP contribution is 2.20. The standard InChI is InChI=1S/C13H16N2O2.ClH/c1-2-14-7-8-15-13(16)11-9-17-12-6-4-3-5-10(11)12;/h3-6,9,14H,2,7-8H2,1H3,(H,15,16);1H. The lowest BCUT2D eigenvalue weighted by molar-refractivity contribution is 0.0955. The molecule has 18 heavy (non-hydrogen) atoms. The van der Waals surface area contributed by atoms with Gasteiger partial charge in [-0.25, -0.2) is 0 Å². The molecule has 1 aromatic carbocycles. The summed E-state index contributed by atoms with van der Waals surface area (Å²) in [5.74, 6) is -0.0900. The molecule has 2 aromatic rings. The number of para-hydroxylation sites is 1. The van der Waals surface area contributed by atoms with Gasteiger partial charge < -0.3 is 15.1 Å². The first-order valence-electron chi connectivity index (χ1n) is 5.78. The van der Waals surface area contributed by atoms with E-state index in [-0.39, 0.29) is 18.3 Å². The zero-order valence-electron chi connectivity index (χ0n) is 10.2. The quantitative estimate of drug-likeness (QED) is 0.818. The van der Waals surface area contributed by atoms with Gasteiger partial charge in [-0.3, -0.25) is 4.79 Å². The zero-order valence-corrected chi connectivity index (χ0v) is 11.0. The summed E-state index contributed by atoms with van der Waals surface area (Å²) < 4.78 is 5.32. The van der Waals surface area contributed by atoms with Crippen molar-refractivity contribution in [1.82, 2.24) is 10.6 Å². The third-order valence-corrected chi connectivity index (χ3v) is 2.56. The molecule has 5 heteroatoms. The highest BCUT2D eigenvalue weighted by molar-refractivity contribution is 6.05. The molecule has 0 fully saturated rings. The van der Waals surface area contributed by atoms with E-state index in [0.717, 1.165) is 24.1 Å². The van der Waals surface area contributed by atoms with E-state index in [0.29, 0.717) is 12.1 Å². The number of fused-ring (bicyclic) bond motifs is 1. The Kier molecular flexibility index (Phi) is 5.68. The number of hydrogen-bond donors (Lipinski definition) is 2. The van der Waals surface area contributed by atoms with Crippen LogP contribution in [0.1, 0.15) is 17.3 Å². The molecule has 98 valence electrons. The number of benzene rings is 1. The van der Waals surface area contributed by atoms with Gasteiger partial charge in [-0.15, -0.1) is 12.4 Å². The maximum Gasteiger partial charge on any atom is 0.255 e. The second-order valence-corrected chi connectivity index (χ2v) is 3.75. The lowest BCUT2D eigenvalue weighted by Crippen LogP contribution is -2.31. The lowest BCUT2D eigenvalue weighted by Gasteiger charge is -2.03. The van der Waals surface area contributed by atoms with Gasteiger partial charge in [-0.05, 0) is 12.6 Å². The lowest BCUT2D eigenvalue weighted by atomic mass is 10.1. The average Bonchev–Trinajstić information content (AvgIpc) is 2.78. The normalized spacial score (nSPS) is 10.1. The van der Waals surface area contributed by atoms with Gasteiger partial charge >= 0.3 is 0 Å². The van der Waals surface area contributed by atoms with Crippen LogP contribution in [0.4, 0.5) is 0 Å². The minimum absolute atomic E-state index is 0. The van der Waals surface area contributed by atoms with Crippen molar-refractivity contribution in [3.63, 3.8) is 0 Å². The van der Waals surface area contributed by atoms with Crippen LogP contribution >= 0.6 is 12.4 Å². The average molecular weight is 269 g/mol. The van der Waals surface area contributed by atoms with Gasteiger partial charge in [0.05, 0.1) is 5.56 Å². The van der Waals surface area contributed by atoms with E-state index in [9.17, 15) is 4.79 Å². The van der Waals surface area contributed by atoms with Crippen molar-refractivity contribution in [2.75, 3.05) is 19.6 Å². The Labute approximate surface area is 112 Å². The molecule has 0 saturated heterocycles. The van der Waals surface area contributed by atoms with E-state index in [1.807, 2.05) is 31.2 Å². The molecule has 0 aliphatic heterocycles. The maximum absolute atomic E-state index is 11.9. The molecule has 1 amide bonds. The van der Waals surface area contributed by atoms with Crippen LogP contribution in [0.5, 0.6) is 0 Å². The first-order chi connectivity index (χ1) is 8.33. The largest absolute Gasteiger partial charge is 0.463 e. The minimum Gasteiger partial charge on any atom is -0.463 e. The Hall–Kier alpha value is -1.52. The molecule has 0 unspecified atom stereocenters. The van der Waals surface area contributed by atoms with Crippen LogP contribution in [0, 0.1) is 0 Å². The fourth-order valence-electron chi connectivity index (χ4n) is 1.69. The van der Waals surface area contributed by atoms with E-state index >= 15 is 0 Å². The zero-order chi connectivity index (χ0) is 12.1. The van der Waals surface area contributed by atoms with Crippen molar-refractivity contribution in [3.05, 3.63) is 36.1 Å². The number of furan rings is 1. The highest BCUT2D eigenvalue weighted by Gasteiger charge is 2.12. The summed E-state index contributed by atoms with van der Waals surface area (Å²) in [5.41, 5.74) is 1.33. The molecule has 0 bridgehead atoms. The summed E-state index contributed by atoms with van der Waals surface area (Å²) >= 11 is 0. The monoisotopic (exact) mass is 268 g/mol. The number of likely N-dealkylation sites (N-methyl/N-ethyl adjacent to an activating group) is 1. The van der Waals surface area contributed by atoms with Crippen molar-refractivity contribution in [2.24, 2.45) is 0 Å². The van der Waals surface area contributed by atoms with Gasteiger partial charge in [0, 0.05) is 18.5 Å². The summed E-state index contributed by atoms with van der Waals surface area (Å²) in [7, 11) is 0. The second kappa shape index (κ2) is 7.03. The SMILES string of the molecule is CCNCCNC(=O)c1coc2ccccc12.Cl. The summed E-state index contributed by atoms with van der Waals surface area (Å²) in [6.07, 6.45) is 1.51. The van der Waals surface area contributed by atoms with E-state index in [1.165, 1.54) is 6.26 Å². The van der Waals surface area contributed by atoms with Crippen LogP contribution in [0.3, 0.4) is 0 Å². The molecule has 0 atom stereocenters. The highest BCUT2D eigenvalue weighted by atomic mass is 35.5. The van der Waals surface area contributed by atoms with Gasteiger partial charge in [0.2, 0.25) is 0 Å². The van der Waals surface area contributed by atoms with Crippen LogP contribution in [0.15, 0.2) is 34.9 Å². The molecule has 1 aromatic heterocycles. The summed E-state index contributed by atoms with van der Waals surface area (Å²) in [6.45, 7) is 4.33. The Bertz CT molecular complexity index is 510. The number of amides is 1. The fraction of sp³-hybridized carbons (Fsp3) is 0.308. The minimum atomic E-state index is -0.0900. The molecule has 0 aliphatic rings. The van der Waals surface area contributed by atoms with Gasteiger partial charge in [0.25, 0.3) is 5.91 Å². The summed E-state index contributed by atoms with van der Waals surface area (Å²) in [5, 5.41) is 6.85. The molecule has 2 N–H and O–H groups in total. The van der Waals surface area contributed by atoms with Crippen molar-refractivity contribution in [1.29, 1.82) is 0 Å². The molecular formula is C13H17ClN2O2. The number of carbonyl (C=O) groups excluding carboxylic acids is 1. The molecule has 0 radical (unpaired) electrons. The molecule has 0 saturated carbocycles. The van der Waals surface area contributed by atoms with Crippen molar-refractivity contribution in [3.8, 4) is 0 Å².